The number of amides is 2. The first-order valence-corrected chi connectivity index (χ1v) is 15.3. The Kier molecular flexibility index (Phi) is 20.0. The molecule has 0 saturated heterocycles. The Morgan fingerprint density at radius 3 is 2.23 bits per heavy atom. The van der Waals surface area contributed by atoms with E-state index >= 15 is 0 Å². The number of aliphatic carboxylic acids is 2. The standard InChI is InChI=1S/C31H43N3O13/c1-21-15-22(18-32-17-21)26(38)8-4-2-3-7-24(45-19-35)16-23(37)10-12-27(39)33-14-6-5-9-29(46-20-36)47-31(44)34-25(30(42)43)11-13-28(40)41/h15,17-20,24-25,29H,2-14,16H2,1H3,(H,33,39)(H,34,44)(H,40,41)(H,42,43)/t24?,25-,29-/m0/s1. The van der Waals surface area contributed by atoms with Gasteiger partial charge in [-0.2, -0.15) is 0 Å². The average molecular weight is 666 g/mol. The highest BCUT2D eigenvalue weighted by atomic mass is 16.7. The summed E-state index contributed by atoms with van der Waals surface area (Å²) in [6.07, 6.45) is 2.58. The molecule has 0 saturated carbocycles. The van der Waals surface area contributed by atoms with Crippen LogP contribution in [0.1, 0.15) is 99.4 Å². The lowest BCUT2D eigenvalue weighted by molar-refractivity contribution is -0.154. The van der Waals surface area contributed by atoms with Crippen LogP contribution in [-0.2, 0) is 43.0 Å². The fourth-order valence-electron chi connectivity index (χ4n) is 4.38. The predicted octanol–water partition coefficient (Wildman–Crippen LogP) is 2.63. The number of aromatic nitrogens is 1. The Morgan fingerprint density at radius 1 is 0.851 bits per heavy atom. The normalized spacial score (nSPS) is 12.4. The molecule has 47 heavy (non-hydrogen) atoms. The minimum Gasteiger partial charge on any atom is -0.481 e. The van der Waals surface area contributed by atoms with E-state index in [2.05, 4.69) is 15.0 Å². The Hall–Kier alpha value is -4.89. The lowest BCUT2D eigenvalue weighted by Crippen LogP contribution is -2.42. The van der Waals surface area contributed by atoms with Gasteiger partial charge >= 0.3 is 18.0 Å². The SMILES string of the molecule is Cc1cncc(C(=O)CCCCCC(CC(=O)CCC(=O)NCCCC[C@@H](OC=O)OC(=O)N[C@@H](CCC(=O)O)C(=O)O)OC=O)c1. The van der Waals surface area contributed by atoms with Gasteiger partial charge in [0.1, 0.15) is 17.9 Å². The number of pyridine rings is 1. The quantitative estimate of drug-likeness (QED) is 0.0457. The third-order valence-corrected chi connectivity index (χ3v) is 6.83. The molecule has 1 heterocycles. The highest BCUT2D eigenvalue weighted by molar-refractivity contribution is 5.95. The molecule has 4 N–H and O–H groups in total. The van der Waals surface area contributed by atoms with Gasteiger partial charge in [0.15, 0.2) is 5.78 Å². The van der Waals surface area contributed by atoms with Gasteiger partial charge in [-0.3, -0.25) is 33.8 Å². The van der Waals surface area contributed by atoms with Crippen molar-refractivity contribution in [1.82, 2.24) is 15.6 Å². The van der Waals surface area contributed by atoms with Crippen LogP contribution in [-0.4, -0.2) is 88.6 Å². The van der Waals surface area contributed by atoms with Gasteiger partial charge < -0.3 is 35.1 Å². The van der Waals surface area contributed by atoms with E-state index in [9.17, 15) is 38.4 Å². The van der Waals surface area contributed by atoms with E-state index in [1.807, 2.05) is 12.2 Å². The molecule has 0 aliphatic heterocycles. The zero-order chi connectivity index (χ0) is 35.0. The van der Waals surface area contributed by atoms with Crippen LogP contribution in [0.4, 0.5) is 4.79 Å². The second-order valence-electron chi connectivity index (χ2n) is 10.8. The van der Waals surface area contributed by atoms with E-state index in [0.717, 1.165) is 5.56 Å². The number of nitrogens with one attached hydrogen (secondary N) is 2. The van der Waals surface area contributed by atoms with Crippen LogP contribution in [0.5, 0.6) is 0 Å². The molecule has 0 radical (unpaired) electrons. The third kappa shape index (κ3) is 19.3. The number of nitrogens with zero attached hydrogens (tertiary/aromatic N) is 1. The summed E-state index contributed by atoms with van der Waals surface area (Å²) in [5, 5.41) is 22.4. The van der Waals surface area contributed by atoms with E-state index < -0.39 is 42.9 Å². The van der Waals surface area contributed by atoms with Gasteiger partial charge in [0.2, 0.25) is 12.2 Å². The fraction of sp³-hybridized carbons (Fsp3) is 0.581. The monoisotopic (exact) mass is 665 g/mol. The van der Waals surface area contributed by atoms with Crippen molar-refractivity contribution in [3.63, 3.8) is 0 Å². The maximum Gasteiger partial charge on any atom is 0.410 e. The van der Waals surface area contributed by atoms with Crippen molar-refractivity contribution in [1.29, 1.82) is 0 Å². The summed E-state index contributed by atoms with van der Waals surface area (Å²) in [5.41, 5.74) is 1.47. The van der Waals surface area contributed by atoms with E-state index in [-0.39, 0.29) is 69.1 Å². The molecular weight excluding hydrogens is 622 g/mol. The van der Waals surface area contributed by atoms with Crippen molar-refractivity contribution in [3.8, 4) is 0 Å². The zero-order valence-electron chi connectivity index (χ0n) is 26.4. The van der Waals surface area contributed by atoms with Crippen LogP contribution < -0.4 is 10.6 Å². The number of rotatable bonds is 27. The second-order valence-corrected chi connectivity index (χ2v) is 10.8. The van der Waals surface area contributed by atoms with Gasteiger partial charge in [-0.15, -0.1) is 0 Å². The van der Waals surface area contributed by atoms with Crippen molar-refractivity contribution in [2.24, 2.45) is 0 Å². The largest absolute Gasteiger partial charge is 0.481 e. The molecule has 260 valence electrons. The maximum absolute atomic E-state index is 12.4. The number of ketones is 2. The molecule has 0 bridgehead atoms. The number of hydrogen-bond donors (Lipinski definition) is 4. The minimum absolute atomic E-state index is 0.00468. The smallest absolute Gasteiger partial charge is 0.410 e. The number of carboxylic acid groups (broad SMARTS) is 2. The van der Waals surface area contributed by atoms with E-state index in [1.165, 1.54) is 6.20 Å². The van der Waals surface area contributed by atoms with Crippen molar-refractivity contribution < 1.29 is 62.8 Å². The Morgan fingerprint density at radius 2 is 1.57 bits per heavy atom. The number of carbonyl (C=O) groups is 8. The van der Waals surface area contributed by atoms with Gasteiger partial charge in [-0.05, 0) is 57.1 Å². The van der Waals surface area contributed by atoms with Gasteiger partial charge in [0.05, 0.1) is 0 Å². The molecule has 1 aromatic rings. The summed E-state index contributed by atoms with van der Waals surface area (Å²) in [6, 6.07) is 0.272. The van der Waals surface area contributed by atoms with Crippen LogP contribution in [0.2, 0.25) is 0 Å². The van der Waals surface area contributed by atoms with Gasteiger partial charge in [-0.1, -0.05) is 6.42 Å². The maximum atomic E-state index is 12.4. The Labute approximate surface area is 271 Å². The average Bonchev–Trinajstić information content (AvgIpc) is 3.01. The lowest BCUT2D eigenvalue weighted by atomic mass is 10.0. The molecule has 0 aliphatic carbocycles. The van der Waals surface area contributed by atoms with Crippen LogP contribution >= 0.6 is 0 Å². The van der Waals surface area contributed by atoms with Crippen molar-refractivity contribution in [3.05, 3.63) is 29.6 Å². The highest BCUT2D eigenvalue weighted by Crippen LogP contribution is 2.15. The highest BCUT2D eigenvalue weighted by Gasteiger charge is 2.24. The fourth-order valence-corrected chi connectivity index (χ4v) is 4.38. The molecule has 0 spiro atoms. The third-order valence-electron chi connectivity index (χ3n) is 6.83. The van der Waals surface area contributed by atoms with Gasteiger partial charge in [0, 0.05) is 63.0 Å². The van der Waals surface area contributed by atoms with Gasteiger partial charge in [-0.25, -0.2) is 9.59 Å². The summed E-state index contributed by atoms with van der Waals surface area (Å²) in [5.74, 6) is -3.32. The first kappa shape index (κ1) is 40.1. The molecule has 2 amide bonds. The summed E-state index contributed by atoms with van der Waals surface area (Å²) in [6.45, 7) is 2.41. The minimum atomic E-state index is -1.52. The van der Waals surface area contributed by atoms with E-state index in [4.69, 9.17) is 19.7 Å². The number of unbranched alkanes of at least 4 members (excludes halogenated alkanes) is 3. The predicted molar refractivity (Wildman–Crippen MR) is 162 cm³/mol. The first-order valence-electron chi connectivity index (χ1n) is 15.3. The zero-order valence-corrected chi connectivity index (χ0v) is 26.4. The summed E-state index contributed by atoms with van der Waals surface area (Å²) >= 11 is 0. The number of alkyl carbamates (subject to hydrolysis) is 1. The molecule has 0 aromatic carbocycles. The van der Waals surface area contributed by atoms with E-state index in [0.29, 0.717) is 50.5 Å². The molecule has 3 atom stereocenters. The van der Waals surface area contributed by atoms with Crippen molar-refractivity contribution in [2.75, 3.05) is 6.54 Å². The molecule has 16 nitrogen and oxygen atoms in total. The Balaban J connectivity index is 2.28. The molecule has 0 fully saturated rings. The van der Waals surface area contributed by atoms with Crippen LogP contribution in [0, 0.1) is 6.92 Å². The number of aryl methyl sites for hydroxylation is 1. The van der Waals surface area contributed by atoms with Gasteiger partial charge in [0.25, 0.3) is 12.9 Å². The second kappa shape index (κ2) is 23.4. The van der Waals surface area contributed by atoms with Crippen LogP contribution in [0.25, 0.3) is 0 Å². The molecular formula is C31H43N3O13. The number of hydrogen-bond acceptors (Lipinski definition) is 12. The Bertz CT molecular complexity index is 1210. The van der Waals surface area contributed by atoms with Crippen LogP contribution in [0.3, 0.4) is 0 Å². The summed E-state index contributed by atoms with van der Waals surface area (Å²) in [7, 11) is 0. The van der Waals surface area contributed by atoms with Crippen molar-refractivity contribution >= 4 is 48.4 Å². The number of carboxylic acids is 2. The molecule has 0 aliphatic rings. The van der Waals surface area contributed by atoms with Crippen LogP contribution in [0.15, 0.2) is 18.5 Å². The van der Waals surface area contributed by atoms with E-state index in [1.54, 1.807) is 12.3 Å². The molecule has 1 unspecified atom stereocenters. The summed E-state index contributed by atoms with van der Waals surface area (Å²) < 4.78 is 14.6. The molecule has 1 rings (SSSR count). The van der Waals surface area contributed by atoms with Crippen molar-refractivity contribution in [2.45, 2.75) is 109 Å². The molecule has 16 heteroatoms. The lowest BCUT2D eigenvalue weighted by Gasteiger charge is -2.18. The number of carbonyl (C=O) groups excluding carboxylic acids is 6. The summed E-state index contributed by atoms with van der Waals surface area (Å²) in [4.78, 5) is 96.4. The molecule has 1 aromatic heterocycles. The number of Topliss-reactive ketones (excluding diaryl/α,β-unsaturated/α-hetero) is 2. The topological polar surface area (TPSA) is 242 Å². The number of ether oxygens (including phenoxy) is 3. The first-order chi connectivity index (χ1) is 22.4.